The first-order valence-corrected chi connectivity index (χ1v) is 6.26. The molecular weight excluding hydrogens is 293 g/mol. The summed E-state index contributed by atoms with van der Waals surface area (Å²) < 4.78 is 38.9. The van der Waals surface area contributed by atoms with Crippen LogP contribution >= 0.6 is 11.6 Å². The van der Waals surface area contributed by atoms with E-state index in [1.165, 1.54) is 4.68 Å². The minimum absolute atomic E-state index is 0.103. The third-order valence-corrected chi connectivity index (χ3v) is 2.95. The number of aromatic nitrogens is 3. The van der Waals surface area contributed by atoms with Gasteiger partial charge < -0.3 is 5.73 Å². The molecule has 2 N–H and O–H groups in total. The summed E-state index contributed by atoms with van der Waals surface area (Å²) in [5.74, 6) is 0.165. The number of halogens is 4. The highest BCUT2D eigenvalue weighted by Gasteiger charge is 2.31. The maximum atomic E-state index is 12.5. The number of rotatable bonds is 4. The van der Waals surface area contributed by atoms with Crippen molar-refractivity contribution in [3.63, 3.8) is 0 Å². The van der Waals surface area contributed by atoms with Crippen LogP contribution in [-0.2, 0) is 12.6 Å². The van der Waals surface area contributed by atoms with Crippen molar-refractivity contribution in [2.75, 3.05) is 6.54 Å². The van der Waals surface area contributed by atoms with Gasteiger partial charge in [0.15, 0.2) is 5.82 Å². The van der Waals surface area contributed by atoms with Crippen molar-refractivity contribution in [1.29, 1.82) is 0 Å². The minimum Gasteiger partial charge on any atom is -0.330 e. The summed E-state index contributed by atoms with van der Waals surface area (Å²) in [6, 6.07) is 0.838. The first kappa shape index (κ1) is 14.8. The fraction of sp³-hybridized carbons (Fsp3) is 0.333. The molecular formula is C12H12ClF3N4. The third kappa shape index (κ3) is 3.29. The average molecular weight is 305 g/mol. The van der Waals surface area contributed by atoms with E-state index in [-0.39, 0.29) is 10.8 Å². The summed E-state index contributed by atoms with van der Waals surface area (Å²) in [6.07, 6.45) is 1.12. The second kappa shape index (κ2) is 5.80. The molecule has 2 aromatic rings. The predicted octanol–water partition coefficient (Wildman–Crippen LogP) is 2.83. The molecule has 2 aromatic heterocycles. The molecule has 0 radical (unpaired) electrons. The van der Waals surface area contributed by atoms with Gasteiger partial charge in [-0.15, -0.1) is 0 Å². The second-order valence-electron chi connectivity index (χ2n) is 4.21. The Hall–Kier alpha value is -1.60. The number of nitrogens with zero attached hydrogens (tertiary/aromatic N) is 3. The summed E-state index contributed by atoms with van der Waals surface area (Å²) in [5, 5.41) is 3.94. The quantitative estimate of drug-likeness (QED) is 0.945. The van der Waals surface area contributed by atoms with E-state index in [1.807, 2.05) is 0 Å². The Kier molecular flexibility index (Phi) is 4.29. The number of alkyl halides is 3. The van der Waals surface area contributed by atoms with Crippen LogP contribution in [0.1, 0.15) is 17.5 Å². The van der Waals surface area contributed by atoms with Crippen molar-refractivity contribution in [3.05, 3.63) is 40.8 Å². The molecule has 8 heteroatoms. The van der Waals surface area contributed by atoms with Gasteiger partial charge in [-0.2, -0.15) is 18.3 Å². The van der Waals surface area contributed by atoms with Crippen LogP contribution in [0.25, 0.3) is 5.82 Å². The zero-order chi connectivity index (χ0) is 14.8. The Bertz CT molecular complexity index is 595. The average Bonchev–Trinajstić information content (AvgIpc) is 2.83. The normalized spacial score (nSPS) is 11.8. The molecule has 20 heavy (non-hydrogen) atoms. The molecule has 0 unspecified atom stereocenters. The molecule has 0 aliphatic rings. The van der Waals surface area contributed by atoms with Gasteiger partial charge in [-0.3, -0.25) is 0 Å². The van der Waals surface area contributed by atoms with Crippen molar-refractivity contribution in [2.24, 2.45) is 5.73 Å². The largest absolute Gasteiger partial charge is 0.417 e. The molecule has 0 amide bonds. The second-order valence-corrected chi connectivity index (χ2v) is 4.62. The van der Waals surface area contributed by atoms with E-state index in [1.54, 1.807) is 12.4 Å². The first-order valence-electron chi connectivity index (χ1n) is 5.88. The van der Waals surface area contributed by atoms with E-state index in [0.29, 0.717) is 6.54 Å². The summed E-state index contributed by atoms with van der Waals surface area (Å²) >= 11 is 5.84. The molecule has 2 heterocycles. The van der Waals surface area contributed by atoms with E-state index in [4.69, 9.17) is 17.3 Å². The van der Waals surface area contributed by atoms with Crippen molar-refractivity contribution in [2.45, 2.75) is 19.0 Å². The molecule has 2 rings (SSSR count). The lowest BCUT2D eigenvalue weighted by Crippen LogP contribution is -2.08. The van der Waals surface area contributed by atoms with E-state index < -0.39 is 11.7 Å². The summed E-state index contributed by atoms with van der Waals surface area (Å²) in [4.78, 5) is 3.73. The maximum absolute atomic E-state index is 12.5. The van der Waals surface area contributed by atoms with Crippen LogP contribution in [-0.4, -0.2) is 21.3 Å². The monoisotopic (exact) mass is 304 g/mol. The molecule has 0 bridgehead atoms. The third-order valence-electron chi connectivity index (χ3n) is 2.67. The smallest absolute Gasteiger partial charge is 0.330 e. The molecule has 0 aromatic carbocycles. The lowest BCUT2D eigenvalue weighted by molar-refractivity contribution is -0.137. The number of nitrogens with two attached hydrogens (primary N) is 1. The fourth-order valence-corrected chi connectivity index (χ4v) is 1.92. The Balaban J connectivity index is 2.27. The lowest BCUT2D eigenvalue weighted by atomic mass is 10.2. The Labute approximate surface area is 118 Å². The SMILES string of the molecule is NCCCc1cnn(-c2ncc(C(F)(F)F)cc2Cl)c1. The van der Waals surface area contributed by atoms with Crippen LogP contribution in [0.2, 0.25) is 5.02 Å². The van der Waals surface area contributed by atoms with Crippen molar-refractivity contribution in [3.8, 4) is 5.82 Å². The standard InChI is InChI=1S/C12H12ClF3N4/c13-10-4-9(12(14,15)16)6-18-11(10)20-7-8(5-19-20)2-1-3-17/h4-7H,1-3,17H2. The van der Waals surface area contributed by atoms with Crippen molar-refractivity contribution >= 4 is 11.6 Å². The highest BCUT2D eigenvalue weighted by Crippen LogP contribution is 2.31. The van der Waals surface area contributed by atoms with Crippen molar-refractivity contribution in [1.82, 2.24) is 14.8 Å². The Morgan fingerprint density at radius 1 is 1.30 bits per heavy atom. The highest BCUT2D eigenvalue weighted by atomic mass is 35.5. The number of hydrogen-bond donors (Lipinski definition) is 1. The molecule has 108 valence electrons. The van der Waals surface area contributed by atoms with E-state index in [2.05, 4.69) is 10.1 Å². The summed E-state index contributed by atoms with van der Waals surface area (Å²) in [7, 11) is 0. The zero-order valence-corrected chi connectivity index (χ0v) is 11.1. The van der Waals surface area contributed by atoms with Gasteiger partial charge in [-0.1, -0.05) is 11.6 Å². The minimum atomic E-state index is -4.47. The topological polar surface area (TPSA) is 56.7 Å². The molecule has 4 nitrogen and oxygen atoms in total. The number of hydrogen-bond acceptors (Lipinski definition) is 3. The van der Waals surface area contributed by atoms with Gasteiger partial charge in [0, 0.05) is 12.4 Å². The van der Waals surface area contributed by atoms with E-state index >= 15 is 0 Å². The lowest BCUT2D eigenvalue weighted by Gasteiger charge is -2.08. The van der Waals surface area contributed by atoms with Crippen LogP contribution in [0.4, 0.5) is 13.2 Å². The predicted molar refractivity (Wildman–Crippen MR) is 68.7 cm³/mol. The van der Waals surface area contributed by atoms with E-state index in [0.717, 1.165) is 30.7 Å². The molecule has 0 atom stereocenters. The zero-order valence-electron chi connectivity index (χ0n) is 10.4. The van der Waals surface area contributed by atoms with Gasteiger partial charge in [0.2, 0.25) is 0 Å². The van der Waals surface area contributed by atoms with Gasteiger partial charge >= 0.3 is 6.18 Å². The highest BCUT2D eigenvalue weighted by molar-refractivity contribution is 6.32. The Morgan fingerprint density at radius 2 is 2.05 bits per heavy atom. The molecule has 0 saturated carbocycles. The fourth-order valence-electron chi connectivity index (χ4n) is 1.67. The molecule has 0 spiro atoms. The number of aryl methyl sites for hydroxylation is 1. The van der Waals surface area contributed by atoms with Crippen LogP contribution in [0, 0.1) is 0 Å². The maximum Gasteiger partial charge on any atom is 0.417 e. The van der Waals surface area contributed by atoms with E-state index in [9.17, 15) is 13.2 Å². The van der Waals surface area contributed by atoms with Crippen LogP contribution < -0.4 is 5.73 Å². The van der Waals surface area contributed by atoms with Gasteiger partial charge in [0.1, 0.15) is 0 Å². The summed E-state index contributed by atoms with van der Waals surface area (Å²) in [6.45, 7) is 0.560. The van der Waals surface area contributed by atoms with Gasteiger partial charge in [0.05, 0.1) is 16.8 Å². The van der Waals surface area contributed by atoms with Crippen LogP contribution in [0.15, 0.2) is 24.7 Å². The van der Waals surface area contributed by atoms with Crippen LogP contribution in [0.3, 0.4) is 0 Å². The molecule has 0 aliphatic heterocycles. The Morgan fingerprint density at radius 3 is 2.65 bits per heavy atom. The molecule has 0 fully saturated rings. The first-order chi connectivity index (χ1) is 9.41. The van der Waals surface area contributed by atoms with Gasteiger partial charge in [-0.25, -0.2) is 9.67 Å². The molecule has 0 saturated heterocycles. The number of pyridine rings is 1. The van der Waals surface area contributed by atoms with Gasteiger partial charge in [-0.05, 0) is 31.0 Å². The summed E-state index contributed by atoms with van der Waals surface area (Å²) in [5.41, 5.74) is 5.45. The van der Waals surface area contributed by atoms with Crippen molar-refractivity contribution < 1.29 is 13.2 Å². The molecule has 0 aliphatic carbocycles. The van der Waals surface area contributed by atoms with Crippen LogP contribution in [0.5, 0.6) is 0 Å². The van der Waals surface area contributed by atoms with Gasteiger partial charge in [0.25, 0.3) is 0 Å².